The van der Waals surface area contributed by atoms with Crippen LogP contribution in [0, 0.1) is 0 Å². The zero-order chi connectivity index (χ0) is 13.8. The highest BCUT2D eigenvalue weighted by atomic mass is 19.4. The summed E-state index contributed by atoms with van der Waals surface area (Å²) in [4.78, 5) is 21.8. The summed E-state index contributed by atoms with van der Waals surface area (Å²) < 4.78 is 37.8. The first kappa shape index (κ1) is 14.2. The van der Waals surface area contributed by atoms with Gasteiger partial charge in [0.05, 0.1) is 12.0 Å². The maximum Gasteiger partial charge on any atom is 0.416 e. The molecule has 1 N–H and O–H groups in total. The van der Waals surface area contributed by atoms with Gasteiger partial charge in [-0.25, -0.2) is 0 Å². The van der Waals surface area contributed by atoms with E-state index in [-0.39, 0.29) is 24.3 Å². The van der Waals surface area contributed by atoms with Gasteiger partial charge in [-0.15, -0.1) is 0 Å². The number of Topliss-reactive ketones (excluding diaryl/α,β-unsaturated/α-hetero) is 1. The van der Waals surface area contributed by atoms with Gasteiger partial charge in [0.1, 0.15) is 5.78 Å². The smallest absolute Gasteiger partial charge is 0.352 e. The minimum absolute atomic E-state index is 0.0260. The Kier molecular flexibility index (Phi) is 4.47. The van der Waals surface area contributed by atoms with E-state index in [1.165, 1.54) is 25.1 Å². The highest BCUT2D eigenvalue weighted by molar-refractivity contribution is 5.96. The van der Waals surface area contributed by atoms with Crippen molar-refractivity contribution < 1.29 is 22.8 Å². The summed E-state index contributed by atoms with van der Waals surface area (Å²) in [5.74, 6) is -0.920. The van der Waals surface area contributed by atoms with E-state index in [1.54, 1.807) is 0 Å². The largest absolute Gasteiger partial charge is 0.416 e. The summed E-state index contributed by atoms with van der Waals surface area (Å²) in [6.07, 6.45) is -4.78. The maximum absolute atomic E-state index is 12.6. The first-order chi connectivity index (χ1) is 8.30. The van der Waals surface area contributed by atoms with Crippen molar-refractivity contribution in [2.45, 2.75) is 26.1 Å². The van der Waals surface area contributed by atoms with Gasteiger partial charge in [-0.05, 0) is 18.6 Å². The van der Waals surface area contributed by atoms with E-state index >= 15 is 0 Å². The Morgan fingerprint density at radius 3 is 2.39 bits per heavy atom. The monoisotopic (exact) mass is 259 g/mol. The Balaban J connectivity index is 2.74. The zero-order valence-electron chi connectivity index (χ0n) is 9.67. The average Bonchev–Trinajstić information content (AvgIpc) is 2.24. The molecule has 0 radical (unpaired) electrons. The quantitative estimate of drug-likeness (QED) is 0.843. The molecular weight excluding hydrogens is 247 g/mol. The van der Waals surface area contributed by atoms with E-state index in [1.807, 2.05) is 0 Å². The molecule has 1 aromatic carbocycles. The number of nitrogens with one attached hydrogen (secondary N) is 1. The SMILES string of the molecule is CC(=O)CC(=O)NCc1ccccc1C(F)(F)F. The number of hydrogen-bond acceptors (Lipinski definition) is 2. The minimum Gasteiger partial charge on any atom is -0.352 e. The lowest BCUT2D eigenvalue weighted by Crippen LogP contribution is -2.25. The molecule has 0 saturated carbocycles. The topological polar surface area (TPSA) is 46.2 Å². The van der Waals surface area contributed by atoms with Crippen molar-refractivity contribution in [1.82, 2.24) is 5.32 Å². The molecule has 0 fully saturated rings. The van der Waals surface area contributed by atoms with E-state index < -0.39 is 17.6 Å². The first-order valence-corrected chi connectivity index (χ1v) is 5.22. The van der Waals surface area contributed by atoms with Gasteiger partial charge in [-0.2, -0.15) is 13.2 Å². The molecule has 1 amide bonds. The van der Waals surface area contributed by atoms with Crippen LogP contribution in [0.4, 0.5) is 13.2 Å². The molecule has 0 aliphatic carbocycles. The summed E-state index contributed by atoms with van der Waals surface area (Å²) >= 11 is 0. The standard InChI is InChI=1S/C12H12F3NO2/c1-8(17)6-11(18)16-7-9-4-2-3-5-10(9)12(13,14)15/h2-5H,6-7H2,1H3,(H,16,18). The molecule has 0 atom stereocenters. The van der Waals surface area contributed by atoms with E-state index in [2.05, 4.69) is 5.32 Å². The lowest BCUT2D eigenvalue weighted by molar-refractivity contribution is -0.138. The molecule has 0 aliphatic rings. The van der Waals surface area contributed by atoms with Crippen LogP contribution in [-0.4, -0.2) is 11.7 Å². The zero-order valence-corrected chi connectivity index (χ0v) is 9.67. The van der Waals surface area contributed by atoms with Gasteiger partial charge in [0.2, 0.25) is 5.91 Å². The van der Waals surface area contributed by atoms with Crippen LogP contribution in [0.3, 0.4) is 0 Å². The number of halogens is 3. The number of carbonyl (C=O) groups excluding carboxylic acids is 2. The van der Waals surface area contributed by atoms with Crippen molar-refractivity contribution in [2.75, 3.05) is 0 Å². The summed E-state index contributed by atoms with van der Waals surface area (Å²) in [5, 5.41) is 2.28. The Hall–Kier alpha value is -1.85. The molecule has 6 heteroatoms. The van der Waals surface area contributed by atoms with Crippen molar-refractivity contribution in [3.05, 3.63) is 35.4 Å². The second kappa shape index (κ2) is 5.66. The summed E-state index contributed by atoms with van der Waals surface area (Å²) in [6.45, 7) is 0.991. The minimum atomic E-state index is -4.46. The summed E-state index contributed by atoms with van der Waals surface area (Å²) in [5.41, 5.74) is -0.810. The molecule has 0 saturated heterocycles. The molecule has 0 bridgehead atoms. The second-order valence-electron chi connectivity index (χ2n) is 3.81. The number of ketones is 1. The van der Waals surface area contributed by atoms with Crippen LogP contribution >= 0.6 is 0 Å². The predicted octanol–water partition coefficient (Wildman–Crippen LogP) is 2.30. The molecule has 1 rings (SSSR count). The molecule has 1 aromatic rings. The van der Waals surface area contributed by atoms with Crippen LogP contribution in [0.25, 0.3) is 0 Å². The third-order valence-corrected chi connectivity index (χ3v) is 2.21. The number of rotatable bonds is 4. The molecule has 18 heavy (non-hydrogen) atoms. The fourth-order valence-electron chi connectivity index (χ4n) is 1.43. The number of alkyl halides is 3. The fourth-order valence-corrected chi connectivity index (χ4v) is 1.43. The Labute approximate surface area is 102 Å². The predicted molar refractivity (Wildman–Crippen MR) is 58.6 cm³/mol. The van der Waals surface area contributed by atoms with Crippen molar-refractivity contribution in [1.29, 1.82) is 0 Å². The fraction of sp³-hybridized carbons (Fsp3) is 0.333. The van der Waals surface area contributed by atoms with Gasteiger partial charge in [0, 0.05) is 6.54 Å². The van der Waals surface area contributed by atoms with Gasteiger partial charge < -0.3 is 5.32 Å². The van der Waals surface area contributed by atoms with Crippen LogP contribution in [0.2, 0.25) is 0 Å². The number of benzene rings is 1. The average molecular weight is 259 g/mol. The van der Waals surface area contributed by atoms with Gasteiger partial charge in [-0.3, -0.25) is 9.59 Å². The highest BCUT2D eigenvalue weighted by Gasteiger charge is 2.32. The second-order valence-corrected chi connectivity index (χ2v) is 3.81. The van der Waals surface area contributed by atoms with Gasteiger partial charge in [0.15, 0.2) is 0 Å². The van der Waals surface area contributed by atoms with Crippen molar-refractivity contribution >= 4 is 11.7 Å². The van der Waals surface area contributed by atoms with Crippen LogP contribution < -0.4 is 5.32 Å². The van der Waals surface area contributed by atoms with Crippen LogP contribution in [-0.2, 0) is 22.3 Å². The number of carbonyl (C=O) groups is 2. The molecule has 0 aromatic heterocycles. The van der Waals surface area contributed by atoms with E-state index in [0.717, 1.165) is 6.07 Å². The molecule has 0 heterocycles. The molecule has 3 nitrogen and oxygen atoms in total. The number of amides is 1. The molecule has 0 unspecified atom stereocenters. The normalized spacial score (nSPS) is 11.1. The molecule has 98 valence electrons. The maximum atomic E-state index is 12.6. The Bertz CT molecular complexity index is 455. The Morgan fingerprint density at radius 2 is 1.83 bits per heavy atom. The molecular formula is C12H12F3NO2. The summed E-state index contributed by atoms with van der Waals surface area (Å²) in [7, 11) is 0. The van der Waals surface area contributed by atoms with Crippen LogP contribution in [0.1, 0.15) is 24.5 Å². The lowest BCUT2D eigenvalue weighted by atomic mass is 10.1. The first-order valence-electron chi connectivity index (χ1n) is 5.22. The van der Waals surface area contributed by atoms with Gasteiger partial charge in [-0.1, -0.05) is 18.2 Å². The van der Waals surface area contributed by atoms with Gasteiger partial charge in [0.25, 0.3) is 0 Å². The van der Waals surface area contributed by atoms with Crippen molar-refractivity contribution in [3.8, 4) is 0 Å². The van der Waals surface area contributed by atoms with Gasteiger partial charge >= 0.3 is 6.18 Å². The van der Waals surface area contributed by atoms with Crippen LogP contribution in [0.5, 0.6) is 0 Å². The highest BCUT2D eigenvalue weighted by Crippen LogP contribution is 2.31. The van der Waals surface area contributed by atoms with E-state index in [4.69, 9.17) is 0 Å². The number of hydrogen-bond donors (Lipinski definition) is 1. The van der Waals surface area contributed by atoms with Crippen molar-refractivity contribution in [2.24, 2.45) is 0 Å². The molecule has 0 spiro atoms. The lowest BCUT2D eigenvalue weighted by Gasteiger charge is -2.12. The van der Waals surface area contributed by atoms with E-state index in [9.17, 15) is 22.8 Å². The third-order valence-electron chi connectivity index (χ3n) is 2.21. The Morgan fingerprint density at radius 1 is 1.22 bits per heavy atom. The van der Waals surface area contributed by atoms with Crippen molar-refractivity contribution in [3.63, 3.8) is 0 Å². The molecule has 0 aliphatic heterocycles. The van der Waals surface area contributed by atoms with E-state index in [0.29, 0.717) is 0 Å². The summed E-state index contributed by atoms with van der Waals surface area (Å²) in [6, 6.07) is 4.98. The third kappa shape index (κ3) is 4.20. The van der Waals surface area contributed by atoms with Crippen LogP contribution in [0.15, 0.2) is 24.3 Å².